The summed E-state index contributed by atoms with van der Waals surface area (Å²) >= 11 is 0. The fourth-order valence-electron chi connectivity index (χ4n) is 2.37. The summed E-state index contributed by atoms with van der Waals surface area (Å²) in [5, 5.41) is 2.74. The first kappa shape index (κ1) is 21.8. The number of nitrogens with zero attached hydrogens (tertiary/aromatic N) is 1. The summed E-state index contributed by atoms with van der Waals surface area (Å²) in [6.07, 6.45) is 2.53. The number of methoxy groups -OCH3 is 1. The van der Waals surface area contributed by atoms with E-state index in [0.29, 0.717) is 22.9 Å². The molecule has 0 aliphatic heterocycles. The van der Waals surface area contributed by atoms with Gasteiger partial charge in [0.2, 0.25) is 0 Å². The van der Waals surface area contributed by atoms with Crippen molar-refractivity contribution in [3.05, 3.63) is 60.7 Å². The minimum Gasteiger partial charge on any atom is -0.493 e. The van der Waals surface area contributed by atoms with E-state index < -0.39 is 0 Å². The molecule has 29 heavy (non-hydrogen) atoms. The van der Waals surface area contributed by atoms with Crippen LogP contribution in [0.1, 0.15) is 5.56 Å². The highest BCUT2D eigenvalue weighted by Crippen LogP contribution is 2.28. The van der Waals surface area contributed by atoms with Crippen molar-refractivity contribution in [1.29, 1.82) is 0 Å². The first-order chi connectivity index (χ1) is 13.9. The number of amides is 2. The number of likely N-dealkylation sites (N-methyl/N-ethyl adjacent to an activating group) is 1. The highest BCUT2D eigenvalue weighted by Gasteiger charge is 2.09. The molecule has 0 radical (unpaired) electrons. The number of ether oxygens (including phenoxy) is 3. The Balaban J connectivity index is 1.86. The van der Waals surface area contributed by atoms with Crippen LogP contribution < -0.4 is 19.5 Å². The highest BCUT2D eigenvalue weighted by molar-refractivity contribution is 5.92. The van der Waals surface area contributed by atoms with Crippen LogP contribution in [0.25, 0.3) is 0 Å². The standard InChI is InChI=1S/C22H26N2O5/c1-5-6-16-7-12-19(20(13-16)27-4)29-14-21(25)23-17-8-10-18(11-9-17)28-15-22(26)24(2)3/h5,7-13H,1,6,14-15H2,2-4H3,(H,23,25). The topological polar surface area (TPSA) is 77.1 Å². The summed E-state index contributed by atoms with van der Waals surface area (Å²) in [6.45, 7) is 3.51. The molecule has 0 fully saturated rings. The maximum absolute atomic E-state index is 12.2. The zero-order valence-electron chi connectivity index (χ0n) is 16.9. The van der Waals surface area contributed by atoms with E-state index >= 15 is 0 Å². The maximum atomic E-state index is 12.2. The molecule has 154 valence electrons. The Bertz CT molecular complexity index is 847. The molecule has 0 aromatic heterocycles. The average Bonchev–Trinajstić information content (AvgIpc) is 2.72. The highest BCUT2D eigenvalue weighted by atomic mass is 16.5. The zero-order valence-corrected chi connectivity index (χ0v) is 16.9. The van der Waals surface area contributed by atoms with Crippen molar-refractivity contribution < 1.29 is 23.8 Å². The molecule has 0 spiro atoms. The molecular weight excluding hydrogens is 372 g/mol. The van der Waals surface area contributed by atoms with Crippen LogP contribution in [0, 0.1) is 0 Å². The van der Waals surface area contributed by atoms with Gasteiger partial charge in [0.1, 0.15) is 5.75 Å². The van der Waals surface area contributed by atoms with Crippen molar-refractivity contribution in [1.82, 2.24) is 4.90 Å². The van der Waals surface area contributed by atoms with E-state index in [9.17, 15) is 9.59 Å². The van der Waals surface area contributed by atoms with Crippen LogP contribution in [0.15, 0.2) is 55.1 Å². The summed E-state index contributed by atoms with van der Waals surface area (Å²) in [7, 11) is 4.88. The number of hydrogen-bond acceptors (Lipinski definition) is 5. The predicted octanol–water partition coefficient (Wildman–Crippen LogP) is 2.91. The van der Waals surface area contributed by atoms with Gasteiger partial charge in [0.05, 0.1) is 7.11 Å². The second kappa shape index (κ2) is 10.8. The third kappa shape index (κ3) is 6.88. The van der Waals surface area contributed by atoms with Crippen molar-refractivity contribution in [2.75, 3.05) is 39.7 Å². The molecule has 0 saturated carbocycles. The van der Waals surface area contributed by atoms with E-state index in [2.05, 4.69) is 11.9 Å². The van der Waals surface area contributed by atoms with E-state index in [1.165, 1.54) is 4.90 Å². The van der Waals surface area contributed by atoms with Crippen LogP contribution >= 0.6 is 0 Å². The van der Waals surface area contributed by atoms with E-state index in [1.807, 2.05) is 12.1 Å². The number of allylic oxidation sites excluding steroid dienone is 1. The Morgan fingerprint density at radius 2 is 1.76 bits per heavy atom. The number of carbonyl (C=O) groups excluding carboxylic acids is 2. The molecule has 0 bridgehead atoms. The van der Waals surface area contributed by atoms with E-state index in [-0.39, 0.29) is 25.0 Å². The van der Waals surface area contributed by atoms with Gasteiger partial charge in [-0.2, -0.15) is 0 Å². The second-order valence-electron chi connectivity index (χ2n) is 6.42. The monoisotopic (exact) mass is 398 g/mol. The molecule has 2 aromatic rings. The van der Waals surface area contributed by atoms with E-state index in [1.54, 1.807) is 57.6 Å². The van der Waals surface area contributed by atoms with Gasteiger partial charge in [-0.05, 0) is 48.4 Å². The second-order valence-corrected chi connectivity index (χ2v) is 6.42. The lowest BCUT2D eigenvalue weighted by Gasteiger charge is -2.13. The van der Waals surface area contributed by atoms with Gasteiger partial charge in [0.15, 0.2) is 24.7 Å². The number of anilines is 1. The largest absolute Gasteiger partial charge is 0.493 e. The van der Waals surface area contributed by atoms with Crippen molar-refractivity contribution >= 4 is 17.5 Å². The van der Waals surface area contributed by atoms with Crippen molar-refractivity contribution in [3.8, 4) is 17.2 Å². The number of rotatable bonds is 10. The summed E-state index contributed by atoms with van der Waals surface area (Å²) in [5.41, 5.74) is 1.64. The Morgan fingerprint density at radius 3 is 2.38 bits per heavy atom. The first-order valence-electron chi connectivity index (χ1n) is 9.06. The lowest BCUT2D eigenvalue weighted by Crippen LogP contribution is -2.27. The molecule has 2 aromatic carbocycles. The molecule has 1 N–H and O–H groups in total. The van der Waals surface area contributed by atoms with Crippen molar-refractivity contribution in [2.24, 2.45) is 0 Å². The van der Waals surface area contributed by atoms with Crippen LogP contribution in [0.4, 0.5) is 5.69 Å². The Hall–Kier alpha value is -3.48. The summed E-state index contributed by atoms with van der Waals surface area (Å²) in [6, 6.07) is 12.3. The van der Waals surface area contributed by atoms with E-state index in [0.717, 1.165) is 12.0 Å². The van der Waals surface area contributed by atoms with Crippen LogP contribution in [0.2, 0.25) is 0 Å². The number of nitrogens with one attached hydrogen (secondary N) is 1. The van der Waals surface area contributed by atoms with E-state index in [4.69, 9.17) is 14.2 Å². The van der Waals surface area contributed by atoms with Gasteiger partial charge in [0.25, 0.3) is 11.8 Å². The smallest absolute Gasteiger partial charge is 0.262 e. The van der Waals surface area contributed by atoms with Gasteiger partial charge in [-0.25, -0.2) is 0 Å². The molecule has 2 amide bonds. The molecule has 0 unspecified atom stereocenters. The molecule has 2 rings (SSSR count). The fourth-order valence-corrected chi connectivity index (χ4v) is 2.37. The van der Waals surface area contributed by atoms with Gasteiger partial charge < -0.3 is 24.4 Å². The quantitative estimate of drug-likeness (QED) is 0.623. The van der Waals surface area contributed by atoms with Gasteiger partial charge in [-0.1, -0.05) is 12.1 Å². The van der Waals surface area contributed by atoms with Gasteiger partial charge in [0, 0.05) is 19.8 Å². The van der Waals surface area contributed by atoms with Gasteiger partial charge in [-0.3, -0.25) is 9.59 Å². The predicted molar refractivity (Wildman–Crippen MR) is 112 cm³/mol. The molecular formula is C22H26N2O5. The van der Waals surface area contributed by atoms with Gasteiger partial charge >= 0.3 is 0 Å². The molecule has 0 heterocycles. The number of hydrogen-bond donors (Lipinski definition) is 1. The normalized spacial score (nSPS) is 10.0. The summed E-state index contributed by atoms with van der Waals surface area (Å²) < 4.78 is 16.3. The molecule has 0 aliphatic carbocycles. The van der Waals surface area contributed by atoms with Crippen LogP contribution in [-0.2, 0) is 16.0 Å². The maximum Gasteiger partial charge on any atom is 0.262 e. The minimum atomic E-state index is -0.307. The average molecular weight is 398 g/mol. The van der Waals surface area contributed by atoms with Crippen LogP contribution in [-0.4, -0.2) is 51.1 Å². The molecule has 0 aliphatic rings. The third-order valence-electron chi connectivity index (χ3n) is 3.97. The Morgan fingerprint density at radius 1 is 1.03 bits per heavy atom. The van der Waals surface area contributed by atoms with Crippen LogP contribution in [0.3, 0.4) is 0 Å². The van der Waals surface area contributed by atoms with Crippen molar-refractivity contribution in [3.63, 3.8) is 0 Å². The lowest BCUT2D eigenvalue weighted by atomic mass is 10.1. The minimum absolute atomic E-state index is 0.0417. The Labute approximate surface area is 170 Å². The SMILES string of the molecule is C=CCc1ccc(OCC(=O)Nc2ccc(OCC(=O)N(C)C)cc2)c(OC)c1. The molecule has 0 atom stereocenters. The Kier molecular flexibility index (Phi) is 8.09. The zero-order chi connectivity index (χ0) is 21.2. The molecule has 0 saturated heterocycles. The summed E-state index contributed by atoms with van der Waals surface area (Å²) in [5.74, 6) is 1.15. The fraction of sp³-hybridized carbons (Fsp3) is 0.273. The number of benzene rings is 2. The summed E-state index contributed by atoms with van der Waals surface area (Å²) in [4.78, 5) is 25.1. The van der Waals surface area contributed by atoms with Gasteiger partial charge in [-0.15, -0.1) is 6.58 Å². The molecule has 7 nitrogen and oxygen atoms in total. The first-order valence-corrected chi connectivity index (χ1v) is 9.06. The van der Waals surface area contributed by atoms with Crippen LogP contribution in [0.5, 0.6) is 17.2 Å². The molecule has 7 heteroatoms. The number of carbonyl (C=O) groups is 2. The van der Waals surface area contributed by atoms with Crippen molar-refractivity contribution in [2.45, 2.75) is 6.42 Å². The lowest BCUT2D eigenvalue weighted by molar-refractivity contribution is -0.130. The third-order valence-corrected chi connectivity index (χ3v) is 3.97.